The Kier molecular flexibility index (Phi) is 7.74. The number of Topliss-reactive ketones (excluding diaryl/α,β-unsaturated/α-hetero) is 1. The van der Waals surface area contributed by atoms with Crippen LogP contribution in [0, 0.1) is 5.92 Å². The number of rotatable bonds is 10. The first-order valence-electron chi connectivity index (χ1n) is 11.8. The summed E-state index contributed by atoms with van der Waals surface area (Å²) < 4.78 is -0.277. The standard InChI is InChI=1S/C26H42N2OS/c1-24(2,30-5)23(29)14-15-25(27-20-21-10-9-11-21)16-18-26(19-17-25,28(3)4)22-12-7-6-8-13-22/h6-8,12-13,21,27H,9-11,14-20H2,1-5H3. The van der Waals surface area contributed by atoms with Gasteiger partial charge in [-0.1, -0.05) is 36.8 Å². The molecule has 3 rings (SSSR count). The first-order valence-corrected chi connectivity index (χ1v) is 13.0. The van der Waals surface area contributed by atoms with E-state index >= 15 is 0 Å². The van der Waals surface area contributed by atoms with Gasteiger partial charge in [0.05, 0.1) is 4.75 Å². The van der Waals surface area contributed by atoms with Gasteiger partial charge in [0.2, 0.25) is 0 Å². The third kappa shape index (κ3) is 5.14. The highest BCUT2D eigenvalue weighted by atomic mass is 32.2. The van der Waals surface area contributed by atoms with Gasteiger partial charge >= 0.3 is 0 Å². The second kappa shape index (κ2) is 9.75. The maximum atomic E-state index is 12.9. The average molecular weight is 431 g/mol. The van der Waals surface area contributed by atoms with E-state index in [4.69, 9.17) is 0 Å². The molecule has 168 valence electrons. The van der Waals surface area contributed by atoms with Gasteiger partial charge in [0.1, 0.15) is 5.78 Å². The lowest BCUT2D eigenvalue weighted by Gasteiger charge is -2.51. The number of thioether (sulfide) groups is 1. The molecule has 2 saturated carbocycles. The van der Waals surface area contributed by atoms with E-state index in [9.17, 15) is 4.79 Å². The van der Waals surface area contributed by atoms with Gasteiger partial charge in [0.25, 0.3) is 0 Å². The third-order valence-electron chi connectivity index (χ3n) is 8.20. The zero-order chi connectivity index (χ0) is 21.8. The van der Waals surface area contributed by atoms with E-state index in [1.807, 2.05) is 0 Å². The largest absolute Gasteiger partial charge is 0.311 e. The fourth-order valence-corrected chi connectivity index (χ4v) is 5.55. The monoisotopic (exact) mass is 430 g/mol. The van der Waals surface area contributed by atoms with Gasteiger partial charge in [-0.05, 0) is 97.2 Å². The fraction of sp³-hybridized carbons (Fsp3) is 0.731. The van der Waals surface area contributed by atoms with E-state index in [1.54, 1.807) is 11.8 Å². The number of carbonyl (C=O) groups is 1. The maximum Gasteiger partial charge on any atom is 0.148 e. The molecule has 0 radical (unpaired) electrons. The number of benzene rings is 1. The lowest BCUT2D eigenvalue weighted by atomic mass is 9.66. The number of ketones is 1. The first kappa shape index (κ1) is 23.8. The van der Waals surface area contributed by atoms with Crippen LogP contribution in [0.5, 0.6) is 0 Å². The summed E-state index contributed by atoms with van der Waals surface area (Å²) in [6.07, 6.45) is 12.4. The number of hydrogen-bond acceptors (Lipinski definition) is 4. The second-order valence-corrected chi connectivity index (χ2v) is 11.8. The zero-order valence-corrected chi connectivity index (χ0v) is 20.6. The summed E-state index contributed by atoms with van der Waals surface area (Å²) >= 11 is 1.68. The SMILES string of the molecule is CSC(C)(C)C(=O)CCC1(NCC2CCC2)CCC(c2ccccc2)(N(C)C)CC1. The quantitative estimate of drug-likeness (QED) is 0.521. The molecular formula is C26H42N2OS. The molecule has 0 spiro atoms. The van der Waals surface area contributed by atoms with Crippen LogP contribution in [0.4, 0.5) is 0 Å². The van der Waals surface area contributed by atoms with Gasteiger partial charge in [-0.2, -0.15) is 11.8 Å². The maximum absolute atomic E-state index is 12.9. The molecule has 30 heavy (non-hydrogen) atoms. The Morgan fingerprint density at radius 3 is 2.27 bits per heavy atom. The molecule has 0 unspecified atom stereocenters. The van der Waals surface area contributed by atoms with Crippen LogP contribution in [0.15, 0.2) is 30.3 Å². The van der Waals surface area contributed by atoms with Crippen LogP contribution < -0.4 is 5.32 Å². The summed E-state index contributed by atoms with van der Waals surface area (Å²) in [4.78, 5) is 15.3. The topological polar surface area (TPSA) is 32.3 Å². The van der Waals surface area contributed by atoms with Crippen molar-refractivity contribution in [1.82, 2.24) is 10.2 Å². The van der Waals surface area contributed by atoms with E-state index in [0.717, 1.165) is 44.6 Å². The normalized spacial score (nSPS) is 27.8. The van der Waals surface area contributed by atoms with Crippen molar-refractivity contribution in [1.29, 1.82) is 0 Å². The predicted molar refractivity (Wildman–Crippen MR) is 130 cm³/mol. The number of nitrogens with zero attached hydrogens (tertiary/aromatic N) is 1. The number of nitrogens with one attached hydrogen (secondary N) is 1. The van der Waals surface area contributed by atoms with Crippen molar-refractivity contribution in [3.8, 4) is 0 Å². The summed E-state index contributed by atoms with van der Waals surface area (Å²) in [6, 6.07) is 11.0. The van der Waals surface area contributed by atoms with E-state index in [1.165, 1.54) is 24.8 Å². The molecule has 0 atom stereocenters. The number of hydrogen-bond donors (Lipinski definition) is 1. The second-order valence-electron chi connectivity index (χ2n) is 10.4. The van der Waals surface area contributed by atoms with Gasteiger partial charge < -0.3 is 5.32 Å². The Hall–Kier alpha value is -0.840. The molecule has 1 N–H and O–H groups in total. The molecule has 3 nitrogen and oxygen atoms in total. The van der Waals surface area contributed by atoms with Crippen LogP contribution in [-0.2, 0) is 10.3 Å². The molecule has 4 heteroatoms. The molecular weight excluding hydrogens is 388 g/mol. The number of carbonyl (C=O) groups excluding carboxylic acids is 1. The highest BCUT2D eigenvalue weighted by molar-refractivity contribution is 8.00. The Morgan fingerprint density at radius 2 is 1.77 bits per heavy atom. The van der Waals surface area contributed by atoms with E-state index in [2.05, 4.69) is 74.7 Å². The average Bonchev–Trinajstić information content (AvgIpc) is 2.72. The van der Waals surface area contributed by atoms with Gasteiger partial charge in [-0.3, -0.25) is 9.69 Å². The van der Waals surface area contributed by atoms with Crippen LogP contribution in [0.1, 0.15) is 77.2 Å². The molecule has 0 aliphatic heterocycles. The predicted octanol–water partition coefficient (Wildman–Crippen LogP) is 5.64. The lowest BCUT2D eigenvalue weighted by molar-refractivity contribution is -0.121. The Balaban J connectivity index is 1.74. The highest BCUT2D eigenvalue weighted by Gasteiger charge is 2.45. The molecule has 2 aliphatic rings. The van der Waals surface area contributed by atoms with Crippen molar-refractivity contribution in [2.45, 2.75) is 87.5 Å². The van der Waals surface area contributed by atoms with Gasteiger partial charge in [0, 0.05) is 17.5 Å². The van der Waals surface area contributed by atoms with Crippen molar-refractivity contribution in [2.75, 3.05) is 26.9 Å². The molecule has 1 aromatic rings. The minimum absolute atomic E-state index is 0.103. The molecule has 0 amide bonds. The van der Waals surface area contributed by atoms with Gasteiger partial charge in [-0.15, -0.1) is 0 Å². The van der Waals surface area contributed by atoms with Gasteiger partial charge in [0.15, 0.2) is 0 Å². The van der Waals surface area contributed by atoms with Crippen LogP contribution in [0.3, 0.4) is 0 Å². The smallest absolute Gasteiger partial charge is 0.148 e. The molecule has 2 aliphatic carbocycles. The molecule has 2 fully saturated rings. The summed E-state index contributed by atoms with van der Waals surface area (Å²) in [5.41, 5.74) is 1.64. The highest BCUT2D eigenvalue weighted by Crippen LogP contribution is 2.46. The van der Waals surface area contributed by atoms with Crippen molar-refractivity contribution >= 4 is 17.5 Å². The summed E-state index contributed by atoms with van der Waals surface area (Å²) in [5, 5.41) is 4.01. The van der Waals surface area contributed by atoms with E-state index in [-0.39, 0.29) is 15.8 Å². The Morgan fingerprint density at radius 1 is 1.13 bits per heavy atom. The first-order chi connectivity index (χ1) is 14.2. The summed E-state index contributed by atoms with van der Waals surface area (Å²) in [5.74, 6) is 1.24. The fourth-order valence-electron chi connectivity index (χ4n) is 5.23. The van der Waals surface area contributed by atoms with Crippen molar-refractivity contribution in [3.63, 3.8) is 0 Å². The van der Waals surface area contributed by atoms with Crippen LogP contribution in [0.2, 0.25) is 0 Å². The summed E-state index contributed by atoms with van der Waals surface area (Å²) in [7, 11) is 4.46. The Labute approximate surface area is 188 Å². The van der Waals surface area contributed by atoms with Gasteiger partial charge in [-0.25, -0.2) is 0 Å². The molecule has 0 bridgehead atoms. The zero-order valence-electron chi connectivity index (χ0n) is 19.8. The van der Waals surface area contributed by atoms with Crippen LogP contribution in [-0.4, -0.2) is 47.9 Å². The lowest BCUT2D eigenvalue weighted by Crippen LogP contribution is -2.56. The van der Waals surface area contributed by atoms with Crippen LogP contribution >= 0.6 is 11.8 Å². The third-order valence-corrected chi connectivity index (χ3v) is 9.45. The molecule has 0 aromatic heterocycles. The van der Waals surface area contributed by atoms with Crippen molar-refractivity contribution < 1.29 is 4.79 Å². The molecule has 0 heterocycles. The molecule has 0 saturated heterocycles. The van der Waals surface area contributed by atoms with Crippen molar-refractivity contribution in [3.05, 3.63) is 35.9 Å². The minimum Gasteiger partial charge on any atom is -0.311 e. The van der Waals surface area contributed by atoms with E-state index in [0.29, 0.717) is 12.2 Å². The summed E-state index contributed by atoms with van der Waals surface area (Å²) in [6.45, 7) is 5.27. The van der Waals surface area contributed by atoms with Crippen molar-refractivity contribution in [2.24, 2.45) is 5.92 Å². The Bertz CT molecular complexity index is 688. The minimum atomic E-state index is -0.277. The van der Waals surface area contributed by atoms with Crippen LogP contribution in [0.25, 0.3) is 0 Å². The van der Waals surface area contributed by atoms with E-state index < -0.39 is 0 Å². The molecule has 1 aromatic carbocycles.